The molecule has 2 rings (SSSR count). The molecule has 0 saturated carbocycles. The minimum atomic E-state index is -1.02. The summed E-state index contributed by atoms with van der Waals surface area (Å²) >= 11 is 1.28. The Kier molecular flexibility index (Phi) is 5.17. The number of furan rings is 1. The summed E-state index contributed by atoms with van der Waals surface area (Å²) in [5, 5.41) is 13.9. The van der Waals surface area contributed by atoms with Gasteiger partial charge in [0.15, 0.2) is 10.8 Å². The van der Waals surface area contributed by atoms with Crippen LogP contribution in [0.2, 0.25) is 0 Å². The first kappa shape index (κ1) is 17.2. The number of hydrogen-bond donors (Lipinski definition) is 2. The lowest BCUT2D eigenvalue weighted by atomic mass is 9.99. The first-order valence-corrected chi connectivity index (χ1v) is 7.76. The smallest absolute Gasteiger partial charge is 0.305 e. The van der Waals surface area contributed by atoms with E-state index in [1.54, 1.807) is 18.4 Å². The number of ether oxygens (including phenoxy) is 1. The van der Waals surface area contributed by atoms with Crippen LogP contribution in [0.3, 0.4) is 0 Å². The molecule has 1 unspecified atom stereocenters. The van der Waals surface area contributed by atoms with E-state index in [-0.39, 0.29) is 18.7 Å². The molecule has 1 atom stereocenters. The molecule has 0 aliphatic heterocycles. The number of aromatic nitrogens is 1. The van der Waals surface area contributed by atoms with Gasteiger partial charge in [-0.25, -0.2) is 4.98 Å². The third-order valence-corrected chi connectivity index (χ3v) is 3.96. The minimum Gasteiger partial charge on any atom is -0.481 e. The van der Waals surface area contributed by atoms with Gasteiger partial charge in [0.25, 0.3) is 5.91 Å². The lowest BCUT2D eigenvalue weighted by Crippen LogP contribution is -2.50. The zero-order chi connectivity index (χ0) is 17.0. The largest absolute Gasteiger partial charge is 0.481 e. The molecule has 0 spiro atoms. The average molecular weight is 338 g/mol. The molecule has 7 nitrogen and oxygen atoms in total. The van der Waals surface area contributed by atoms with E-state index < -0.39 is 17.4 Å². The average Bonchev–Trinajstić information content (AvgIpc) is 3.05. The molecular formula is C15H18N2O5S. The van der Waals surface area contributed by atoms with E-state index in [4.69, 9.17) is 14.3 Å². The number of thiazole rings is 1. The zero-order valence-electron chi connectivity index (χ0n) is 13.1. The number of rotatable bonds is 7. The van der Waals surface area contributed by atoms with Gasteiger partial charge in [-0.15, -0.1) is 11.3 Å². The SMILES string of the molecule is COCC(C)(CC(=O)O)NC(=O)c1csc(-c2ccc(C)o2)n1. The first-order chi connectivity index (χ1) is 10.8. The third-order valence-electron chi connectivity index (χ3n) is 3.11. The molecule has 0 aliphatic carbocycles. The Labute approximate surface area is 137 Å². The number of carbonyl (C=O) groups is 2. The summed E-state index contributed by atoms with van der Waals surface area (Å²) in [7, 11) is 1.45. The molecule has 124 valence electrons. The molecule has 0 aromatic carbocycles. The predicted octanol–water partition coefficient (Wildman–Crippen LogP) is 2.32. The zero-order valence-corrected chi connectivity index (χ0v) is 13.9. The van der Waals surface area contributed by atoms with Crippen LogP contribution in [-0.2, 0) is 9.53 Å². The lowest BCUT2D eigenvalue weighted by molar-refractivity contribution is -0.139. The second-order valence-electron chi connectivity index (χ2n) is 5.47. The van der Waals surface area contributed by atoms with Gasteiger partial charge in [-0.1, -0.05) is 0 Å². The summed E-state index contributed by atoms with van der Waals surface area (Å²) in [5.41, 5.74) is -0.797. The van der Waals surface area contributed by atoms with Crippen molar-refractivity contribution < 1.29 is 23.8 Å². The Balaban J connectivity index is 2.13. The Morgan fingerprint density at radius 3 is 2.78 bits per heavy atom. The van der Waals surface area contributed by atoms with Crippen LogP contribution in [0.15, 0.2) is 21.9 Å². The maximum Gasteiger partial charge on any atom is 0.305 e. The van der Waals surface area contributed by atoms with Gasteiger partial charge in [-0.3, -0.25) is 9.59 Å². The van der Waals surface area contributed by atoms with Crippen LogP contribution in [0.25, 0.3) is 10.8 Å². The second-order valence-corrected chi connectivity index (χ2v) is 6.32. The minimum absolute atomic E-state index is 0.0828. The maximum absolute atomic E-state index is 12.3. The highest BCUT2D eigenvalue weighted by Crippen LogP contribution is 2.25. The fourth-order valence-electron chi connectivity index (χ4n) is 2.16. The van der Waals surface area contributed by atoms with Gasteiger partial charge in [0, 0.05) is 12.5 Å². The molecule has 2 N–H and O–H groups in total. The van der Waals surface area contributed by atoms with E-state index in [2.05, 4.69) is 10.3 Å². The van der Waals surface area contributed by atoms with Crippen LogP contribution in [0.1, 0.15) is 29.6 Å². The van der Waals surface area contributed by atoms with Crippen molar-refractivity contribution in [3.05, 3.63) is 29.0 Å². The van der Waals surface area contributed by atoms with E-state index >= 15 is 0 Å². The van der Waals surface area contributed by atoms with Crippen molar-refractivity contribution in [3.8, 4) is 10.8 Å². The molecule has 8 heteroatoms. The summed E-state index contributed by atoms with van der Waals surface area (Å²) in [4.78, 5) is 27.5. The number of carboxylic acids is 1. The molecular weight excluding hydrogens is 320 g/mol. The quantitative estimate of drug-likeness (QED) is 0.803. The van der Waals surface area contributed by atoms with Crippen molar-refractivity contribution in [2.75, 3.05) is 13.7 Å². The number of carboxylic acid groups (broad SMARTS) is 1. The van der Waals surface area contributed by atoms with Crippen LogP contribution in [0.4, 0.5) is 0 Å². The van der Waals surface area contributed by atoms with Gasteiger partial charge in [0.05, 0.1) is 18.6 Å². The number of aryl methyl sites for hydroxylation is 1. The normalized spacial score (nSPS) is 13.5. The third kappa shape index (κ3) is 4.40. The molecule has 0 saturated heterocycles. The van der Waals surface area contributed by atoms with Gasteiger partial charge in [0.2, 0.25) is 0 Å². The highest BCUT2D eigenvalue weighted by Gasteiger charge is 2.30. The molecule has 2 aromatic rings. The Bertz CT molecular complexity index is 708. The number of amides is 1. The van der Waals surface area contributed by atoms with Crippen molar-refractivity contribution in [2.24, 2.45) is 0 Å². The Morgan fingerprint density at radius 2 is 2.22 bits per heavy atom. The predicted molar refractivity (Wildman–Crippen MR) is 84.6 cm³/mol. The summed E-state index contributed by atoms with van der Waals surface area (Å²) in [6.07, 6.45) is -0.249. The fourth-order valence-corrected chi connectivity index (χ4v) is 2.92. The fraction of sp³-hybridized carbons (Fsp3) is 0.400. The standard InChI is InChI=1S/C15H18N2O5S/c1-9-4-5-11(22-9)14-16-10(7-23-14)13(20)17-15(2,8-21-3)6-12(18)19/h4-5,7H,6,8H2,1-3H3,(H,17,20)(H,18,19). The summed E-state index contributed by atoms with van der Waals surface area (Å²) in [6, 6.07) is 3.61. The summed E-state index contributed by atoms with van der Waals surface area (Å²) < 4.78 is 10.5. The van der Waals surface area contributed by atoms with E-state index in [1.165, 1.54) is 18.4 Å². The van der Waals surface area contributed by atoms with Crippen molar-refractivity contribution in [3.63, 3.8) is 0 Å². The molecule has 0 aliphatic rings. The van der Waals surface area contributed by atoms with Crippen molar-refractivity contribution in [2.45, 2.75) is 25.8 Å². The van der Waals surface area contributed by atoms with Crippen molar-refractivity contribution in [1.29, 1.82) is 0 Å². The van der Waals surface area contributed by atoms with E-state index in [9.17, 15) is 9.59 Å². The molecule has 23 heavy (non-hydrogen) atoms. The number of nitrogens with one attached hydrogen (secondary N) is 1. The van der Waals surface area contributed by atoms with Gasteiger partial charge in [-0.05, 0) is 26.0 Å². The molecule has 1 amide bonds. The molecule has 0 radical (unpaired) electrons. The number of hydrogen-bond acceptors (Lipinski definition) is 6. The Hall–Kier alpha value is -2.19. The molecule has 0 bridgehead atoms. The summed E-state index contributed by atoms with van der Waals surface area (Å²) in [6.45, 7) is 3.53. The molecule has 2 aromatic heterocycles. The van der Waals surface area contributed by atoms with Crippen LogP contribution < -0.4 is 5.32 Å². The van der Waals surface area contributed by atoms with Crippen LogP contribution in [-0.4, -0.2) is 41.2 Å². The lowest BCUT2D eigenvalue weighted by Gasteiger charge is -2.28. The van der Waals surface area contributed by atoms with Crippen molar-refractivity contribution >= 4 is 23.2 Å². The van der Waals surface area contributed by atoms with Gasteiger partial charge in [0.1, 0.15) is 11.5 Å². The van der Waals surface area contributed by atoms with Crippen LogP contribution in [0.5, 0.6) is 0 Å². The van der Waals surface area contributed by atoms with Gasteiger partial charge < -0.3 is 19.6 Å². The highest BCUT2D eigenvalue weighted by atomic mass is 32.1. The van der Waals surface area contributed by atoms with Crippen molar-refractivity contribution in [1.82, 2.24) is 10.3 Å². The van der Waals surface area contributed by atoms with Crippen LogP contribution >= 0.6 is 11.3 Å². The molecule has 0 fully saturated rings. The Morgan fingerprint density at radius 1 is 1.48 bits per heavy atom. The second kappa shape index (κ2) is 6.93. The number of nitrogens with zero attached hydrogens (tertiary/aromatic N) is 1. The van der Waals surface area contributed by atoms with Gasteiger partial charge in [-0.2, -0.15) is 0 Å². The van der Waals surface area contributed by atoms with Gasteiger partial charge >= 0.3 is 5.97 Å². The monoisotopic (exact) mass is 338 g/mol. The number of aliphatic carboxylic acids is 1. The van der Waals surface area contributed by atoms with Crippen LogP contribution in [0, 0.1) is 6.92 Å². The molecule has 2 heterocycles. The van der Waals surface area contributed by atoms with E-state index in [0.29, 0.717) is 10.8 Å². The topological polar surface area (TPSA) is 102 Å². The first-order valence-electron chi connectivity index (χ1n) is 6.88. The number of methoxy groups -OCH3 is 1. The van der Waals surface area contributed by atoms with E-state index in [0.717, 1.165) is 5.76 Å². The van der Waals surface area contributed by atoms with E-state index in [1.807, 2.05) is 13.0 Å². The summed E-state index contributed by atoms with van der Waals surface area (Å²) in [5.74, 6) is -0.112. The maximum atomic E-state index is 12.3. The number of carbonyl (C=O) groups excluding carboxylic acids is 1. The highest BCUT2D eigenvalue weighted by molar-refractivity contribution is 7.13.